The first-order valence-corrected chi connectivity index (χ1v) is 9.68. The van der Waals surface area contributed by atoms with Gasteiger partial charge in [0.05, 0.1) is 12.8 Å². The van der Waals surface area contributed by atoms with Crippen LogP contribution in [-0.2, 0) is 19.7 Å². The first kappa shape index (κ1) is 23.0. The van der Waals surface area contributed by atoms with E-state index in [2.05, 4.69) is 31.4 Å². The summed E-state index contributed by atoms with van der Waals surface area (Å²) in [6, 6.07) is 9.92. The van der Waals surface area contributed by atoms with Crippen molar-refractivity contribution in [1.29, 1.82) is 0 Å². The van der Waals surface area contributed by atoms with Gasteiger partial charge in [0.1, 0.15) is 18.4 Å². The first-order chi connectivity index (χ1) is 14.2. The number of rotatable bonds is 9. The molecule has 2 amide bonds. The van der Waals surface area contributed by atoms with Gasteiger partial charge in [-0.3, -0.25) is 9.59 Å². The van der Waals surface area contributed by atoms with Crippen LogP contribution in [0, 0.1) is 0 Å². The summed E-state index contributed by atoms with van der Waals surface area (Å²) >= 11 is 0. The third-order valence-electron chi connectivity index (χ3n) is 4.20. The number of hydrogen-bond donors (Lipinski definition) is 2. The highest BCUT2D eigenvalue weighted by atomic mass is 16.5. The highest BCUT2D eigenvalue weighted by molar-refractivity contribution is 5.94. The maximum atomic E-state index is 11.9. The van der Waals surface area contributed by atoms with Crippen LogP contribution in [-0.4, -0.2) is 43.6 Å². The predicted octanol–water partition coefficient (Wildman–Crippen LogP) is 2.43. The molecule has 0 spiro atoms. The van der Waals surface area contributed by atoms with Crippen molar-refractivity contribution in [1.82, 2.24) is 10.6 Å². The van der Waals surface area contributed by atoms with Crippen LogP contribution in [0.25, 0.3) is 0 Å². The molecule has 0 aliphatic heterocycles. The van der Waals surface area contributed by atoms with Crippen molar-refractivity contribution in [2.24, 2.45) is 0 Å². The van der Waals surface area contributed by atoms with Crippen molar-refractivity contribution in [3.63, 3.8) is 0 Å². The number of esters is 1. The predicted molar refractivity (Wildman–Crippen MR) is 110 cm³/mol. The number of nitrogens with one attached hydrogen (secondary N) is 2. The van der Waals surface area contributed by atoms with Gasteiger partial charge in [0, 0.05) is 0 Å². The average molecular weight is 416 g/mol. The first-order valence-electron chi connectivity index (χ1n) is 9.68. The van der Waals surface area contributed by atoms with E-state index in [9.17, 15) is 14.4 Å². The second-order valence-electron chi connectivity index (χ2n) is 7.75. The van der Waals surface area contributed by atoms with Crippen LogP contribution in [0.4, 0.5) is 0 Å². The van der Waals surface area contributed by atoms with Gasteiger partial charge in [0.25, 0.3) is 11.8 Å². The molecule has 0 radical (unpaired) electrons. The Kier molecular flexibility index (Phi) is 8.03. The van der Waals surface area contributed by atoms with E-state index in [1.807, 2.05) is 24.3 Å². The van der Waals surface area contributed by atoms with E-state index in [0.717, 1.165) is 0 Å². The quantitative estimate of drug-likeness (QED) is 0.480. The summed E-state index contributed by atoms with van der Waals surface area (Å²) in [7, 11) is 0. The van der Waals surface area contributed by atoms with Gasteiger partial charge in [-0.2, -0.15) is 0 Å². The molecule has 1 aromatic heterocycles. The van der Waals surface area contributed by atoms with Crippen molar-refractivity contribution in [2.45, 2.75) is 39.2 Å². The lowest BCUT2D eigenvalue weighted by molar-refractivity contribution is -0.150. The van der Waals surface area contributed by atoms with E-state index in [0.29, 0.717) is 5.75 Å². The Hall–Kier alpha value is -3.29. The molecule has 1 atom stereocenters. The zero-order chi connectivity index (χ0) is 22.1. The summed E-state index contributed by atoms with van der Waals surface area (Å²) in [5.74, 6) is -0.924. The molecule has 2 N–H and O–H groups in total. The summed E-state index contributed by atoms with van der Waals surface area (Å²) in [4.78, 5) is 35.5. The molecule has 0 saturated heterocycles. The van der Waals surface area contributed by atoms with Gasteiger partial charge in [0.15, 0.2) is 12.4 Å². The minimum Gasteiger partial charge on any atom is -0.492 e. The average Bonchev–Trinajstić information content (AvgIpc) is 3.24. The minimum atomic E-state index is -0.921. The van der Waals surface area contributed by atoms with E-state index in [-0.39, 0.29) is 24.3 Å². The number of furan rings is 1. The van der Waals surface area contributed by atoms with E-state index in [1.54, 1.807) is 6.07 Å². The number of ether oxygens (including phenoxy) is 2. The summed E-state index contributed by atoms with van der Waals surface area (Å²) in [6.07, 6.45) is 1.35. The van der Waals surface area contributed by atoms with Crippen LogP contribution in [0.5, 0.6) is 5.75 Å². The molecule has 0 aliphatic carbocycles. The molecule has 1 heterocycles. The molecule has 0 saturated carbocycles. The molecule has 2 rings (SSSR count). The number of benzene rings is 1. The van der Waals surface area contributed by atoms with E-state index in [4.69, 9.17) is 13.9 Å². The molecule has 0 bridgehead atoms. The van der Waals surface area contributed by atoms with Crippen LogP contribution in [0.3, 0.4) is 0 Å². The zero-order valence-electron chi connectivity index (χ0n) is 17.7. The Bertz CT molecular complexity index is 838. The zero-order valence-corrected chi connectivity index (χ0v) is 17.7. The Morgan fingerprint density at radius 1 is 1.10 bits per heavy atom. The highest BCUT2D eigenvalue weighted by Gasteiger charge is 2.20. The second-order valence-corrected chi connectivity index (χ2v) is 7.75. The molecule has 0 aliphatic rings. The van der Waals surface area contributed by atoms with Gasteiger partial charge < -0.3 is 24.5 Å². The molecular weight excluding hydrogens is 388 g/mol. The van der Waals surface area contributed by atoms with Gasteiger partial charge in [0.2, 0.25) is 0 Å². The lowest BCUT2D eigenvalue weighted by Gasteiger charge is -2.19. The van der Waals surface area contributed by atoms with Gasteiger partial charge in [-0.15, -0.1) is 0 Å². The number of amides is 2. The summed E-state index contributed by atoms with van der Waals surface area (Å²) in [5, 5.41) is 5.03. The van der Waals surface area contributed by atoms with Crippen molar-refractivity contribution < 1.29 is 28.3 Å². The fourth-order valence-corrected chi connectivity index (χ4v) is 2.46. The maximum absolute atomic E-state index is 11.9. The van der Waals surface area contributed by atoms with E-state index >= 15 is 0 Å². The summed E-state index contributed by atoms with van der Waals surface area (Å²) in [6.45, 7) is 7.98. The van der Waals surface area contributed by atoms with Crippen molar-refractivity contribution >= 4 is 17.8 Å². The molecule has 1 aromatic carbocycles. The molecular formula is C22H28N2O6. The van der Waals surface area contributed by atoms with Gasteiger partial charge in [-0.1, -0.05) is 32.9 Å². The Morgan fingerprint density at radius 3 is 2.40 bits per heavy atom. The number of carbonyl (C=O) groups excluding carboxylic acids is 3. The van der Waals surface area contributed by atoms with Crippen LogP contribution < -0.4 is 15.4 Å². The third kappa shape index (κ3) is 7.27. The van der Waals surface area contributed by atoms with Crippen LogP contribution in [0.1, 0.15) is 43.8 Å². The smallest absolute Gasteiger partial charge is 0.328 e. The largest absolute Gasteiger partial charge is 0.492 e. The lowest BCUT2D eigenvalue weighted by atomic mass is 9.87. The van der Waals surface area contributed by atoms with Gasteiger partial charge in [-0.05, 0) is 42.2 Å². The standard InChI is InChI=1S/C22H28N2O6/c1-15(24-20(26)18-6-5-12-29-18)21(27)30-14-19(25)23-11-13-28-17-9-7-16(8-10-17)22(2,3)4/h5-10,12,15H,11,13-14H2,1-4H3,(H,23,25)(H,24,26)/t15-/m0/s1. The molecule has 0 fully saturated rings. The molecule has 162 valence electrons. The van der Waals surface area contributed by atoms with E-state index < -0.39 is 30.4 Å². The lowest BCUT2D eigenvalue weighted by Crippen LogP contribution is -2.41. The molecule has 0 unspecified atom stereocenters. The molecule has 2 aromatic rings. The highest BCUT2D eigenvalue weighted by Crippen LogP contribution is 2.24. The minimum absolute atomic E-state index is 0.0724. The van der Waals surface area contributed by atoms with Crippen LogP contribution in [0.15, 0.2) is 47.1 Å². The Morgan fingerprint density at radius 2 is 1.80 bits per heavy atom. The van der Waals surface area contributed by atoms with Crippen molar-refractivity contribution in [3.05, 3.63) is 54.0 Å². The maximum Gasteiger partial charge on any atom is 0.328 e. The fourth-order valence-electron chi connectivity index (χ4n) is 2.46. The Labute approximate surface area is 175 Å². The molecule has 8 nitrogen and oxygen atoms in total. The van der Waals surface area contributed by atoms with E-state index in [1.165, 1.54) is 24.8 Å². The van der Waals surface area contributed by atoms with Crippen LogP contribution >= 0.6 is 0 Å². The normalized spacial score (nSPS) is 12.0. The van der Waals surface area contributed by atoms with Gasteiger partial charge >= 0.3 is 5.97 Å². The number of hydrogen-bond acceptors (Lipinski definition) is 6. The molecule has 30 heavy (non-hydrogen) atoms. The SMILES string of the molecule is C[C@H](NC(=O)c1ccco1)C(=O)OCC(=O)NCCOc1ccc(C(C)(C)C)cc1. The molecule has 8 heteroatoms. The second kappa shape index (κ2) is 10.5. The van der Waals surface area contributed by atoms with Crippen molar-refractivity contribution in [2.75, 3.05) is 19.8 Å². The van der Waals surface area contributed by atoms with Gasteiger partial charge in [-0.25, -0.2) is 4.79 Å². The van der Waals surface area contributed by atoms with Crippen LogP contribution in [0.2, 0.25) is 0 Å². The summed E-state index contributed by atoms with van der Waals surface area (Å²) in [5.41, 5.74) is 1.28. The fraction of sp³-hybridized carbons (Fsp3) is 0.409. The van der Waals surface area contributed by atoms with Crippen molar-refractivity contribution in [3.8, 4) is 5.75 Å². The Balaban J connectivity index is 1.62. The monoisotopic (exact) mass is 416 g/mol. The topological polar surface area (TPSA) is 107 Å². The third-order valence-corrected chi connectivity index (χ3v) is 4.20. The number of carbonyl (C=O) groups is 3. The summed E-state index contributed by atoms with van der Waals surface area (Å²) < 4.78 is 15.4.